The SMILES string of the molecule is CC(C)(C)OC(=O)NCc1ccc(CC2c3ccccc3-c3ccccc32)cc1. The Bertz CT molecular complexity index is 970. The predicted octanol–water partition coefficient (Wildman–Crippen LogP) is 6.07. The number of amides is 1. The Morgan fingerprint density at radius 2 is 1.34 bits per heavy atom. The van der Waals surface area contributed by atoms with Crippen LogP contribution in [0.2, 0.25) is 0 Å². The Morgan fingerprint density at radius 3 is 1.90 bits per heavy atom. The van der Waals surface area contributed by atoms with Gasteiger partial charge >= 0.3 is 6.09 Å². The van der Waals surface area contributed by atoms with Gasteiger partial charge in [0.15, 0.2) is 0 Å². The number of alkyl carbamates (subject to hydrolysis) is 1. The van der Waals surface area contributed by atoms with Crippen LogP contribution >= 0.6 is 0 Å². The first kappa shape index (κ1) is 19.3. The number of ether oxygens (including phenoxy) is 1. The van der Waals surface area contributed by atoms with Gasteiger partial charge in [-0.3, -0.25) is 0 Å². The van der Waals surface area contributed by atoms with Crippen molar-refractivity contribution in [2.45, 2.75) is 45.3 Å². The standard InChI is InChI=1S/C26H27NO2/c1-26(2,3)29-25(28)27-17-19-14-12-18(13-15-19)16-24-22-10-6-4-8-20(22)21-9-5-7-11-23(21)24/h4-15,24H,16-17H2,1-3H3,(H,27,28). The van der Waals surface area contributed by atoms with Gasteiger partial charge in [0.1, 0.15) is 5.60 Å². The molecular formula is C26H27NO2. The van der Waals surface area contributed by atoms with Crippen LogP contribution in [0.3, 0.4) is 0 Å². The highest BCUT2D eigenvalue weighted by atomic mass is 16.6. The minimum absolute atomic E-state index is 0.383. The summed E-state index contributed by atoms with van der Waals surface area (Å²) in [6, 6.07) is 25.9. The van der Waals surface area contributed by atoms with Crippen LogP contribution in [0.5, 0.6) is 0 Å². The maximum atomic E-state index is 11.8. The van der Waals surface area contributed by atoms with Crippen LogP contribution in [-0.4, -0.2) is 11.7 Å². The zero-order valence-electron chi connectivity index (χ0n) is 17.2. The lowest BCUT2D eigenvalue weighted by Crippen LogP contribution is -2.32. The van der Waals surface area contributed by atoms with E-state index in [0.29, 0.717) is 12.5 Å². The summed E-state index contributed by atoms with van der Waals surface area (Å²) in [6.45, 7) is 6.05. The molecule has 1 amide bonds. The van der Waals surface area contributed by atoms with Crippen molar-refractivity contribution in [3.8, 4) is 11.1 Å². The molecule has 0 aromatic heterocycles. The fourth-order valence-electron chi connectivity index (χ4n) is 4.00. The number of nitrogens with one attached hydrogen (secondary N) is 1. The Kier molecular flexibility index (Phi) is 5.14. The number of carbonyl (C=O) groups excluding carboxylic acids is 1. The molecule has 0 bridgehead atoms. The molecule has 0 saturated heterocycles. The average Bonchev–Trinajstić information content (AvgIpc) is 3.00. The van der Waals surface area contributed by atoms with Gasteiger partial charge in [0, 0.05) is 12.5 Å². The van der Waals surface area contributed by atoms with Gasteiger partial charge in [-0.2, -0.15) is 0 Å². The smallest absolute Gasteiger partial charge is 0.407 e. The molecule has 0 fully saturated rings. The van der Waals surface area contributed by atoms with Crippen LogP contribution in [0.25, 0.3) is 11.1 Å². The summed E-state index contributed by atoms with van der Waals surface area (Å²) in [4.78, 5) is 11.8. The van der Waals surface area contributed by atoms with E-state index in [0.717, 1.165) is 12.0 Å². The summed E-state index contributed by atoms with van der Waals surface area (Å²) >= 11 is 0. The van der Waals surface area contributed by atoms with E-state index < -0.39 is 5.60 Å². The van der Waals surface area contributed by atoms with Crippen molar-refractivity contribution in [2.24, 2.45) is 0 Å². The van der Waals surface area contributed by atoms with Crippen molar-refractivity contribution < 1.29 is 9.53 Å². The van der Waals surface area contributed by atoms with Gasteiger partial charge in [-0.05, 0) is 60.6 Å². The van der Waals surface area contributed by atoms with E-state index in [-0.39, 0.29) is 6.09 Å². The predicted molar refractivity (Wildman–Crippen MR) is 117 cm³/mol. The molecule has 3 heteroatoms. The second kappa shape index (κ2) is 7.75. The third-order valence-corrected chi connectivity index (χ3v) is 5.26. The van der Waals surface area contributed by atoms with Crippen LogP contribution in [0.15, 0.2) is 72.8 Å². The molecule has 0 atom stereocenters. The summed E-state index contributed by atoms with van der Waals surface area (Å²) in [6.07, 6.45) is 0.578. The van der Waals surface area contributed by atoms with Crippen LogP contribution < -0.4 is 5.32 Å². The van der Waals surface area contributed by atoms with Crippen LogP contribution in [0.1, 0.15) is 48.9 Å². The van der Waals surface area contributed by atoms with Crippen molar-refractivity contribution in [1.29, 1.82) is 0 Å². The molecule has 29 heavy (non-hydrogen) atoms. The minimum Gasteiger partial charge on any atom is -0.444 e. The number of hydrogen-bond acceptors (Lipinski definition) is 2. The van der Waals surface area contributed by atoms with E-state index in [1.54, 1.807) is 0 Å². The molecule has 0 spiro atoms. The van der Waals surface area contributed by atoms with Gasteiger partial charge in [0.25, 0.3) is 0 Å². The first-order chi connectivity index (χ1) is 13.9. The third kappa shape index (κ3) is 4.34. The molecule has 148 valence electrons. The van der Waals surface area contributed by atoms with Crippen molar-refractivity contribution >= 4 is 6.09 Å². The maximum Gasteiger partial charge on any atom is 0.407 e. The molecule has 4 rings (SSSR count). The zero-order chi connectivity index (χ0) is 20.4. The fraction of sp³-hybridized carbons (Fsp3) is 0.269. The Morgan fingerprint density at radius 1 is 0.828 bits per heavy atom. The minimum atomic E-state index is -0.484. The van der Waals surface area contributed by atoms with E-state index in [1.807, 2.05) is 20.8 Å². The van der Waals surface area contributed by atoms with Crippen molar-refractivity contribution in [3.05, 3.63) is 95.1 Å². The lowest BCUT2D eigenvalue weighted by molar-refractivity contribution is 0.0523. The Labute approximate surface area is 172 Å². The van der Waals surface area contributed by atoms with Gasteiger partial charge in [-0.1, -0.05) is 72.8 Å². The monoisotopic (exact) mass is 385 g/mol. The van der Waals surface area contributed by atoms with E-state index in [4.69, 9.17) is 4.74 Å². The molecule has 3 aromatic rings. The molecule has 0 heterocycles. The van der Waals surface area contributed by atoms with E-state index in [9.17, 15) is 4.79 Å². The largest absolute Gasteiger partial charge is 0.444 e. The summed E-state index contributed by atoms with van der Waals surface area (Å²) in [5, 5.41) is 2.81. The van der Waals surface area contributed by atoms with Crippen molar-refractivity contribution in [2.75, 3.05) is 0 Å². The first-order valence-corrected chi connectivity index (χ1v) is 10.1. The topological polar surface area (TPSA) is 38.3 Å². The van der Waals surface area contributed by atoms with Gasteiger partial charge in [-0.15, -0.1) is 0 Å². The quantitative estimate of drug-likeness (QED) is 0.592. The van der Waals surface area contributed by atoms with Crippen LogP contribution in [0.4, 0.5) is 4.79 Å². The molecule has 0 aliphatic heterocycles. The van der Waals surface area contributed by atoms with Crippen LogP contribution in [0, 0.1) is 0 Å². The lowest BCUT2D eigenvalue weighted by Gasteiger charge is -2.19. The second-order valence-electron chi connectivity index (χ2n) is 8.60. The van der Waals surface area contributed by atoms with Gasteiger partial charge in [-0.25, -0.2) is 4.79 Å². The third-order valence-electron chi connectivity index (χ3n) is 5.26. The number of fused-ring (bicyclic) bond motifs is 3. The molecule has 1 aliphatic rings. The number of hydrogen-bond donors (Lipinski definition) is 1. The number of benzene rings is 3. The first-order valence-electron chi connectivity index (χ1n) is 10.1. The van der Waals surface area contributed by atoms with E-state index >= 15 is 0 Å². The number of rotatable bonds is 4. The summed E-state index contributed by atoms with van der Waals surface area (Å²) in [7, 11) is 0. The van der Waals surface area contributed by atoms with E-state index in [1.165, 1.54) is 27.8 Å². The highest BCUT2D eigenvalue weighted by molar-refractivity contribution is 5.78. The highest BCUT2D eigenvalue weighted by Crippen LogP contribution is 2.45. The molecule has 0 unspecified atom stereocenters. The van der Waals surface area contributed by atoms with Gasteiger partial charge < -0.3 is 10.1 Å². The van der Waals surface area contributed by atoms with Crippen LogP contribution in [-0.2, 0) is 17.7 Å². The Balaban J connectivity index is 1.45. The second-order valence-corrected chi connectivity index (χ2v) is 8.60. The van der Waals surface area contributed by atoms with Gasteiger partial charge in [0.2, 0.25) is 0 Å². The molecule has 1 N–H and O–H groups in total. The number of carbonyl (C=O) groups is 1. The lowest BCUT2D eigenvalue weighted by atomic mass is 9.90. The summed E-state index contributed by atoms with van der Waals surface area (Å²) in [5.74, 6) is 0.383. The molecule has 1 aliphatic carbocycles. The van der Waals surface area contributed by atoms with Crippen molar-refractivity contribution in [1.82, 2.24) is 5.32 Å². The highest BCUT2D eigenvalue weighted by Gasteiger charge is 2.27. The zero-order valence-corrected chi connectivity index (χ0v) is 17.2. The molecule has 0 saturated carbocycles. The fourth-order valence-corrected chi connectivity index (χ4v) is 4.00. The normalized spacial score (nSPS) is 12.9. The average molecular weight is 386 g/mol. The molecule has 0 radical (unpaired) electrons. The van der Waals surface area contributed by atoms with Gasteiger partial charge in [0.05, 0.1) is 0 Å². The summed E-state index contributed by atoms with van der Waals surface area (Å²) < 4.78 is 5.29. The summed E-state index contributed by atoms with van der Waals surface area (Å²) in [5.41, 5.74) is 7.39. The molecule has 3 aromatic carbocycles. The molecule has 3 nitrogen and oxygen atoms in total. The molecular weight excluding hydrogens is 358 g/mol. The van der Waals surface area contributed by atoms with Crippen molar-refractivity contribution in [3.63, 3.8) is 0 Å². The maximum absolute atomic E-state index is 11.8. The van der Waals surface area contributed by atoms with E-state index in [2.05, 4.69) is 78.1 Å². The Hall–Kier alpha value is -3.07.